The standard InChI is InChI=1S/C16H18N6O2/c1-22-10-19-12-7-11(3-4-13(12)22)8-18-16(23)21-14-5-6-17-15(20-14)9-24-2/h3-7,10H,8-9H2,1-2H3,(H2,17,18,20,21,23). The topological polar surface area (TPSA) is 94.0 Å². The van der Waals surface area contributed by atoms with Gasteiger partial charge in [-0.15, -0.1) is 0 Å². The highest BCUT2D eigenvalue weighted by Crippen LogP contribution is 2.13. The number of nitrogens with one attached hydrogen (secondary N) is 2. The number of rotatable bonds is 5. The Bertz CT molecular complexity index is 861. The molecule has 0 bridgehead atoms. The summed E-state index contributed by atoms with van der Waals surface area (Å²) in [6.07, 6.45) is 3.34. The highest BCUT2D eigenvalue weighted by Gasteiger charge is 2.06. The Kier molecular flexibility index (Phi) is 4.66. The van der Waals surface area contributed by atoms with Crippen molar-refractivity contribution in [1.29, 1.82) is 0 Å². The van der Waals surface area contributed by atoms with E-state index in [0.717, 1.165) is 16.6 Å². The maximum atomic E-state index is 12.0. The maximum Gasteiger partial charge on any atom is 0.320 e. The average Bonchev–Trinajstić information content (AvgIpc) is 2.94. The Labute approximate surface area is 138 Å². The molecular weight excluding hydrogens is 308 g/mol. The monoisotopic (exact) mass is 326 g/mol. The first kappa shape index (κ1) is 15.9. The van der Waals surface area contributed by atoms with Crippen molar-refractivity contribution in [2.75, 3.05) is 12.4 Å². The van der Waals surface area contributed by atoms with Crippen LogP contribution in [0.2, 0.25) is 0 Å². The lowest BCUT2D eigenvalue weighted by atomic mass is 10.2. The summed E-state index contributed by atoms with van der Waals surface area (Å²) in [5, 5.41) is 5.47. The van der Waals surface area contributed by atoms with Gasteiger partial charge < -0.3 is 14.6 Å². The second kappa shape index (κ2) is 7.05. The number of anilines is 1. The van der Waals surface area contributed by atoms with Crippen LogP contribution >= 0.6 is 0 Å². The largest absolute Gasteiger partial charge is 0.377 e. The van der Waals surface area contributed by atoms with Crippen LogP contribution in [0.1, 0.15) is 11.4 Å². The molecule has 0 spiro atoms. The van der Waals surface area contributed by atoms with Gasteiger partial charge in [-0.25, -0.2) is 19.7 Å². The van der Waals surface area contributed by atoms with Gasteiger partial charge in [-0.1, -0.05) is 6.07 Å². The quantitative estimate of drug-likeness (QED) is 0.746. The Morgan fingerprint density at radius 3 is 3.00 bits per heavy atom. The molecule has 0 atom stereocenters. The third-order valence-corrected chi connectivity index (χ3v) is 3.46. The molecule has 3 rings (SSSR count). The number of carbonyl (C=O) groups is 1. The first-order valence-corrected chi connectivity index (χ1v) is 7.41. The molecule has 2 heterocycles. The van der Waals surface area contributed by atoms with Gasteiger partial charge >= 0.3 is 6.03 Å². The zero-order valence-electron chi connectivity index (χ0n) is 13.5. The molecule has 0 radical (unpaired) electrons. The molecule has 2 N–H and O–H groups in total. The van der Waals surface area contributed by atoms with Gasteiger partial charge in [0.25, 0.3) is 0 Å². The number of fused-ring (bicyclic) bond motifs is 1. The average molecular weight is 326 g/mol. The van der Waals surface area contributed by atoms with Crippen LogP contribution in [-0.2, 0) is 24.9 Å². The molecule has 0 aliphatic rings. The number of aromatic nitrogens is 4. The molecule has 8 nitrogen and oxygen atoms in total. The van der Waals surface area contributed by atoms with Crippen LogP contribution in [0.25, 0.3) is 11.0 Å². The number of nitrogens with zero attached hydrogens (tertiary/aromatic N) is 4. The Hall–Kier alpha value is -3.00. The fraction of sp³-hybridized carbons (Fsp3) is 0.250. The number of carbonyl (C=O) groups excluding carboxylic acids is 1. The summed E-state index contributed by atoms with van der Waals surface area (Å²) in [5.74, 6) is 0.936. The summed E-state index contributed by atoms with van der Waals surface area (Å²) >= 11 is 0. The van der Waals surface area contributed by atoms with Crippen LogP contribution in [-0.4, -0.2) is 32.7 Å². The molecule has 124 valence electrons. The molecule has 0 aliphatic heterocycles. The van der Waals surface area contributed by atoms with Gasteiger partial charge in [-0.3, -0.25) is 5.32 Å². The van der Waals surface area contributed by atoms with E-state index in [1.54, 1.807) is 25.7 Å². The molecule has 0 aliphatic carbocycles. The van der Waals surface area contributed by atoms with E-state index in [1.807, 2.05) is 29.8 Å². The van der Waals surface area contributed by atoms with E-state index in [9.17, 15) is 4.79 Å². The van der Waals surface area contributed by atoms with Crippen molar-refractivity contribution < 1.29 is 9.53 Å². The number of benzene rings is 1. The number of aryl methyl sites for hydroxylation is 1. The maximum absolute atomic E-state index is 12.0. The minimum absolute atomic E-state index is 0.293. The fourth-order valence-corrected chi connectivity index (χ4v) is 2.30. The van der Waals surface area contributed by atoms with Gasteiger partial charge in [-0.2, -0.15) is 0 Å². The lowest BCUT2D eigenvalue weighted by Crippen LogP contribution is -2.28. The number of amides is 2. The SMILES string of the molecule is COCc1nccc(NC(=O)NCc2ccc3c(c2)ncn3C)n1. The van der Waals surface area contributed by atoms with Crippen LogP contribution in [0.4, 0.5) is 10.6 Å². The summed E-state index contributed by atoms with van der Waals surface area (Å²) < 4.78 is 6.92. The number of urea groups is 1. The number of hydrogen-bond donors (Lipinski definition) is 2. The number of ether oxygens (including phenoxy) is 1. The predicted octanol–water partition coefficient (Wildman–Crippen LogP) is 1.83. The van der Waals surface area contributed by atoms with Crippen molar-refractivity contribution in [3.05, 3.63) is 48.2 Å². The molecule has 0 saturated heterocycles. The fourth-order valence-electron chi connectivity index (χ4n) is 2.30. The Morgan fingerprint density at radius 2 is 2.17 bits per heavy atom. The van der Waals surface area contributed by atoms with Crippen LogP contribution < -0.4 is 10.6 Å². The number of imidazole rings is 1. The van der Waals surface area contributed by atoms with Gasteiger partial charge in [0.15, 0.2) is 5.82 Å². The van der Waals surface area contributed by atoms with E-state index in [2.05, 4.69) is 25.6 Å². The molecule has 2 amide bonds. The molecule has 24 heavy (non-hydrogen) atoms. The van der Waals surface area contributed by atoms with Crippen LogP contribution in [0, 0.1) is 0 Å². The van der Waals surface area contributed by atoms with E-state index >= 15 is 0 Å². The van der Waals surface area contributed by atoms with Crippen molar-refractivity contribution in [3.63, 3.8) is 0 Å². The highest BCUT2D eigenvalue weighted by molar-refractivity contribution is 5.88. The third-order valence-electron chi connectivity index (χ3n) is 3.46. The molecule has 8 heteroatoms. The minimum Gasteiger partial charge on any atom is -0.377 e. The summed E-state index contributed by atoms with van der Waals surface area (Å²) in [6, 6.07) is 7.19. The lowest BCUT2D eigenvalue weighted by molar-refractivity contribution is 0.178. The van der Waals surface area contributed by atoms with Crippen molar-refractivity contribution in [2.45, 2.75) is 13.2 Å². The zero-order valence-corrected chi connectivity index (χ0v) is 13.5. The number of methoxy groups -OCH3 is 1. The second-order valence-corrected chi connectivity index (χ2v) is 5.28. The molecule has 3 aromatic rings. The van der Waals surface area contributed by atoms with Crippen LogP contribution in [0.15, 0.2) is 36.8 Å². The molecule has 1 aromatic carbocycles. The van der Waals surface area contributed by atoms with Gasteiger partial charge in [0.1, 0.15) is 12.4 Å². The highest BCUT2D eigenvalue weighted by atomic mass is 16.5. The molecule has 0 fully saturated rings. The van der Waals surface area contributed by atoms with Gasteiger partial charge in [0.05, 0.1) is 17.4 Å². The Morgan fingerprint density at radius 1 is 1.29 bits per heavy atom. The third kappa shape index (κ3) is 3.66. The zero-order chi connectivity index (χ0) is 16.9. The van der Waals surface area contributed by atoms with E-state index < -0.39 is 0 Å². The molecule has 0 saturated carbocycles. The second-order valence-electron chi connectivity index (χ2n) is 5.28. The van der Waals surface area contributed by atoms with E-state index in [0.29, 0.717) is 24.8 Å². The van der Waals surface area contributed by atoms with Gasteiger partial charge in [0.2, 0.25) is 0 Å². The number of hydrogen-bond acceptors (Lipinski definition) is 5. The van der Waals surface area contributed by atoms with Crippen molar-refractivity contribution in [1.82, 2.24) is 24.8 Å². The summed E-state index contributed by atoms with van der Waals surface area (Å²) in [5.41, 5.74) is 2.92. The Balaban J connectivity index is 1.59. The van der Waals surface area contributed by atoms with Gasteiger partial charge in [0, 0.05) is 26.9 Å². The lowest BCUT2D eigenvalue weighted by Gasteiger charge is -2.08. The van der Waals surface area contributed by atoms with Gasteiger partial charge in [-0.05, 0) is 23.8 Å². The summed E-state index contributed by atoms with van der Waals surface area (Å²) in [6.45, 7) is 0.690. The molecule has 2 aromatic heterocycles. The van der Waals surface area contributed by atoms with Crippen LogP contribution in [0.3, 0.4) is 0 Å². The first-order valence-electron chi connectivity index (χ1n) is 7.41. The summed E-state index contributed by atoms with van der Waals surface area (Å²) in [7, 11) is 3.51. The van der Waals surface area contributed by atoms with Crippen molar-refractivity contribution >= 4 is 22.9 Å². The van der Waals surface area contributed by atoms with E-state index in [-0.39, 0.29) is 6.03 Å². The van der Waals surface area contributed by atoms with Crippen molar-refractivity contribution in [3.8, 4) is 0 Å². The molecule has 0 unspecified atom stereocenters. The van der Waals surface area contributed by atoms with E-state index in [4.69, 9.17) is 4.74 Å². The molecular formula is C16H18N6O2. The van der Waals surface area contributed by atoms with Crippen molar-refractivity contribution in [2.24, 2.45) is 7.05 Å². The summed E-state index contributed by atoms with van der Waals surface area (Å²) in [4.78, 5) is 24.5. The van der Waals surface area contributed by atoms with Crippen LogP contribution in [0.5, 0.6) is 0 Å². The predicted molar refractivity (Wildman–Crippen MR) is 89.3 cm³/mol. The normalized spacial score (nSPS) is 10.8. The first-order chi connectivity index (χ1) is 11.7. The van der Waals surface area contributed by atoms with E-state index in [1.165, 1.54) is 0 Å². The smallest absolute Gasteiger partial charge is 0.320 e. The minimum atomic E-state index is -0.335.